The number of benzene rings is 2. The van der Waals surface area contributed by atoms with E-state index in [1.54, 1.807) is 24.3 Å². The van der Waals surface area contributed by atoms with Gasteiger partial charge in [0.1, 0.15) is 0 Å². The number of nitrogens with zero attached hydrogens (tertiary/aromatic N) is 1. The second-order valence-corrected chi connectivity index (χ2v) is 5.92. The first-order valence-electron chi connectivity index (χ1n) is 8.23. The summed E-state index contributed by atoms with van der Waals surface area (Å²) >= 11 is 0. The Kier molecular flexibility index (Phi) is 6.94. The molecule has 2 rings (SSSR count). The number of hydrogen-bond acceptors (Lipinski definition) is 4. The molecule has 4 nitrogen and oxygen atoms in total. The normalized spacial score (nSPS) is 12.0. The smallest absolute Gasteiger partial charge is 0.158 e. The molecule has 1 unspecified atom stereocenters. The first-order chi connectivity index (χ1) is 12.1. The minimum absolute atomic E-state index is 0.00891. The van der Waals surface area contributed by atoms with Crippen molar-refractivity contribution in [3.05, 3.63) is 71.3 Å². The van der Waals surface area contributed by atoms with Gasteiger partial charge in [-0.2, -0.15) is 5.26 Å². The zero-order valence-corrected chi connectivity index (χ0v) is 14.3. The Morgan fingerprint density at radius 3 is 2.76 bits per heavy atom. The molecule has 0 saturated heterocycles. The van der Waals surface area contributed by atoms with E-state index < -0.39 is 0 Å². The number of nitriles is 1. The van der Waals surface area contributed by atoms with E-state index in [1.807, 2.05) is 37.3 Å². The Balaban J connectivity index is 1.82. The number of carbonyl (C=O) groups excluding carboxylic acids is 1. The highest BCUT2D eigenvalue weighted by molar-refractivity contribution is 5.95. The number of ketones is 1. The molecule has 0 radical (unpaired) electrons. The highest BCUT2D eigenvalue weighted by Gasteiger charge is 2.10. The van der Waals surface area contributed by atoms with Crippen molar-refractivity contribution >= 4 is 17.5 Å². The molecule has 0 bridgehead atoms. The predicted octanol–water partition coefficient (Wildman–Crippen LogP) is 3.97. The zero-order chi connectivity index (χ0) is 18.1. The van der Waals surface area contributed by atoms with Crippen molar-refractivity contribution in [2.45, 2.75) is 20.0 Å². The summed E-state index contributed by atoms with van der Waals surface area (Å²) in [4.78, 5) is 12.2. The van der Waals surface area contributed by atoms with Crippen LogP contribution in [0.1, 0.15) is 30.0 Å². The van der Waals surface area contributed by atoms with Crippen LogP contribution in [0, 0.1) is 17.2 Å². The second kappa shape index (κ2) is 9.41. The summed E-state index contributed by atoms with van der Waals surface area (Å²) in [5.74, 6) is -0.131. The molecule has 128 valence electrons. The molecule has 0 saturated carbocycles. The van der Waals surface area contributed by atoms with Crippen molar-refractivity contribution in [1.29, 1.82) is 5.26 Å². The summed E-state index contributed by atoms with van der Waals surface area (Å²) in [7, 11) is 0. The van der Waals surface area contributed by atoms with Crippen LogP contribution in [-0.4, -0.2) is 12.4 Å². The molecule has 0 heterocycles. The molecule has 0 spiro atoms. The molecule has 2 aromatic carbocycles. The lowest BCUT2D eigenvalue weighted by Gasteiger charge is -2.09. The van der Waals surface area contributed by atoms with Crippen molar-refractivity contribution < 1.29 is 9.53 Å². The average Bonchev–Trinajstić information content (AvgIpc) is 2.64. The van der Waals surface area contributed by atoms with Gasteiger partial charge in [0.25, 0.3) is 0 Å². The van der Waals surface area contributed by atoms with E-state index >= 15 is 0 Å². The quantitative estimate of drug-likeness (QED) is 0.450. The van der Waals surface area contributed by atoms with E-state index in [4.69, 9.17) is 15.7 Å². The van der Waals surface area contributed by atoms with E-state index in [9.17, 15) is 4.79 Å². The number of nitrogen functional groups attached to an aromatic ring is 1. The Morgan fingerprint density at radius 2 is 2.04 bits per heavy atom. The van der Waals surface area contributed by atoms with Gasteiger partial charge in [-0.3, -0.25) is 4.79 Å². The van der Waals surface area contributed by atoms with Crippen molar-refractivity contribution in [3.63, 3.8) is 0 Å². The Morgan fingerprint density at radius 1 is 1.28 bits per heavy atom. The van der Waals surface area contributed by atoms with Gasteiger partial charge in [-0.05, 0) is 41.8 Å². The van der Waals surface area contributed by atoms with Gasteiger partial charge in [0.05, 0.1) is 18.2 Å². The lowest BCUT2D eigenvalue weighted by atomic mass is 10.0. The fraction of sp³-hybridized carbons (Fsp3) is 0.238. The van der Waals surface area contributed by atoms with Crippen LogP contribution in [0.15, 0.2) is 54.6 Å². The van der Waals surface area contributed by atoms with E-state index in [1.165, 1.54) is 6.08 Å². The van der Waals surface area contributed by atoms with Crippen LogP contribution in [-0.2, 0) is 16.1 Å². The van der Waals surface area contributed by atoms with Crippen LogP contribution < -0.4 is 5.73 Å². The number of anilines is 1. The van der Waals surface area contributed by atoms with Crippen LogP contribution in [0.2, 0.25) is 0 Å². The van der Waals surface area contributed by atoms with Gasteiger partial charge in [0.2, 0.25) is 0 Å². The van der Waals surface area contributed by atoms with Crippen molar-refractivity contribution in [1.82, 2.24) is 0 Å². The number of rotatable bonds is 8. The van der Waals surface area contributed by atoms with Crippen LogP contribution in [0.3, 0.4) is 0 Å². The number of ether oxygens (including phenoxy) is 1. The summed E-state index contributed by atoms with van der Waals surface area (Å²) in [5.41, 5.74) is 8.57. The maximum Gasteiger partial charge on any atom is 0.158 e. The molecular weight excluding hydrogens is 312 g/mol. The van der Waals surface area contributed by atoms with Crippen LogP contribution in [0.5, 0.6) is 0 Å². The third-order valence-corrected chi connectivity index (χ3v) is 3.92. The molecule has 0 aromatic heterocycles. The molecule has 25 heavy (non-hydrogen) atoms. The topological polar surface area (TPSA) is 76.1 Å². The largest absolute Gasteiger partial charge is 0.399 e. The minimum Gasteiger partial charge on any atom is -0.399 e. The number of allylic oxidation sites excluding steroid dienone is 1. The third kappa shape index (κ3) is 5.91. The molecule has 1 atom stereocenters. The van der Waals surface area contributed by atoms with Crippen molar-refractivity contribution in [3.8, 4) is 6.07 Å². The van der Waals surface area contributed by atoms with Crippen LogP contribution in [0.25, 0.3) is 6.08 Å². The lowest BCUT2D eigenvalue weighted by molar-refractivity contribution is -0.118. The summed E-state index contributed by atoms with van der Waals surface area (Å²) in [5, 5.41) is 9.09. The molecule has 0 fully saturated rings. The summed E-state index contributed by atoms with van der Waals surface area (Å²) < 4.78 is 5.62. The predicted molar refractivity (Wildman–Crippen MR) is 99.5 cm³/mol. The molecule has 2 N–H and O–H groups in total. The van der Waals surface area contributed by atoms with E-state index in [0.29, 0.717) is 36.4 Å². The second-order valence-electron chi connectivity index (χ2n) is 5.92. The first-order valence-corrected chi connectivity index (χ1v) is 8.23. The van der Waals surface area contributed by atoms with Crippen molar-refractivity contribution in [2.24, 2.45) is 5.92 Å². The van der Waals surface area contributed by atoms with E-state index in [0.717, 1.165) is 5.56 Å². The molecule has 0 aliphatic carbocycles. The van der Waals surface area contributed by atoms with E-state index in [-0.39, 0.29) is 11.7 Å². The van der Waals surface area contributed by atoms with Crippen LogP contribution in [0.4, 0.5) is 5.69 Å². The molecule has 2 aromatic rings. The summed E-state index contributed by atoms with van der Waals surface area (Å²) in [6.07, 6.45) is 3.81. The van der Waals surface area contributed by atoms with Gasteiger partial charge >= 0.3 is 0 Å². The maximum absolute atomic E-state index is 12.2. The van der Waals surface area contributed by atoms with Gasteiger partial charge in [-0.25, -0.2) is 0 Å². The lowest BCUT2D eigenvalue weighted by Crippen LogP contribution is -2.11. The molecule has 0 aliphatic heterocycles. The van der Waals surface area contributed by atoms with Crippen LogP contribution >= 0.6 is 0 Å². The molecule has 0 aliphatic rings. The SMILES string of the molecule is CC(CCOCc1ccccc1)C(=O)/C=C/c1cc(N)ccc1C#N. The molecule has 4 heteroatoms. The third-order valence-electron chi connectivity index (χ3n) is 3.92. The Bertz CT molecular complexity index is 776. The Hall–Kier alpha value is -2.90. The van der Waals surface area contributed by atoms with Gasteiger partial charge in [0.15, 0.2) is 5.78 Å². The van der Waals surface area contributed by atoms with Gasteiger partial charge in [-0.15, -0.1) is 0 Å². The van der Waals surface area contributed by atoms with Gasteiger partial charge in [-0.1, -0.05) is 43.3 Å². The van der Waals surface area contributed by atoms with Gasteiger partial charge in [0, 0.05) is 18.2 Å². The molecule has 0 amide bonds. The number of carbonyl (C=O) groups is 1. The maximum atomic E-state index is 12.2. The first kappa shape index (κ1) is 18.4. The average molecular weight is 334 g/mol. The fourth-order valence-corrected chi connectivity index (χ4v) is 2.32. The Labute approximate surface area is 148 Å². The summed E-state index contributed by atoms with van der Waals surface area (Å²) in [6, 6.07) is 17.0. The molecular formula is C21H22N2O2. The fourth-order valence-electron chi connectivity index (χ4n) is 2.32. The number of hydrogen-bond donors (Lipinski definition) is 1. The number of nitrogens with two attached hydrogens (primary N) is 1. The minimum atomic E-state index is -0.140. The highest BCUT2D eigenvalue weighted by atomic mass is 16.5. The summed E-state index contributed by atoms with van der Waals surface area (Å²) in [6.45, 7) is 2.95. The highest BCUT2D eigenvalue weighted by Crippen LogP contribution is 2.15. The standard InChI is InChI=1S/C21H22N2O2/c1-16(11-12-25-15-17-5-3-2-4-6-17)21(24)10-8-18-13-20(23)9-7-19(18)14-22/h2-10,13,16H,11-12,15,23H2,1H3/b10-8+. The monoisotopic (exact) mass is 334 g/mol. The zero-order valence-electron chi connectivity index (χ0n) is 14.3. The van der Waals surface area contributed by atoms with Gasteiger partial charge < -0.3 is 10.5 Å². The van der Waals surface area contributed by atoms with Crippen molar-refractivity contribution in [2.75, 3.05) is 12.3 Å². The van der Waals surface area contributed by atoms with E-state index in [2.05, 4.69) is 6.07 Å².